The van der Waals surface area contributed by atoms with E-state index in [2.05, 4.69) is 26.2 Å². The molecule has 2 aromatic rings. The minimum atomic E-state index is -1.42. The van der Waals surface area contributed by atoms with Gasteiger partial charge in [-0.25, -0.2) is 14.3 Å². The molecule has 2 saturated heterocycles. The topological polar surface area (TPSA) is 283 Å². The van der Waals surface area contributed by atoms with Crippen LogP contribution >= 0.6 is 23.5 Å². The number of rotatable bonds is 9. The summed E-state index contributed by atoms with van der Waals surface area (Å²) in [6, 6.07) is 1.84. The largest absolute Gasteiger partial charge is 0.508 e. The Morgan fingerprint density at radius 1 is 1.11 bits per heavy atom. The van der Waals surface area contributed by atoms with Crippen molar-refractivity contribution in [2.24, 2.45) is 7.05 Å². The number of thioether (sulfide) groups is 2. The highest BCUT2D eigenvalue weighted by atomic mass is 32.2. The van der Waals surface area contributed by atoms with Crippen molar-refractivity contribution in [3.05, 3.63) is 41.1 Å². The summed E-state index contributed by atoms with van der Waals surface area (Å²) in [5.41, 5.74) is 0.536. The van der Waals surface area contributed by atoms with Crippen molar-refractivity contribution < 1.29 is 49.9 Å². The first-order valence-corrected chi connectivity index (χ1v) is 15.3. The molecule has 1 aromatic carbocycles. The molecular formula is C25H31N9O10S2. The van der Waals surface area contributed by atoms with E-state index in [-0.39, 0.29) is 52.6 Å². The Bertz CT molecular complexity index is 1570. The Hall–Kier alpha value is -4.73. The van der Waals surface area contributed by atoms with Crippen molar-refractivity contribution in [2.75, 3.05) is 31.1 Å². The van der Waals surface area contributed by atoms with Gasteiger partial charge in [0.25, 0.3) is 5.91 Å². The Morgan fingerprint density at radius 3 is 2.41 bits per heavy atom. The predicted molar refractivity (Wildman–Crippen MR) is 160 cm³/mol. The lowest BCUT2D eigenvalue weighted by Crippen LogP contribution is -2.71. The first-order valence-electron chi connectivity index (χ1n) is 13.3. The maximum absolute atomic E-state index is 13.6. The van der Waals surface area contributed by atoms with E-state index in [1.807, 2.05) is 0 Å². The average Bonchev–Trinajstić information content (AvgIpc) is 3.42. The summed E-state index contributed by atoms with van der Waals surface area (Å²) in [5, 5.41) is 35.6. The molecule has 0 radical (unpaired) electrons. The summed E-state index contributed by atoms with van der Waals surface area (Å²) < 4.78 is 1.44. The molecule has 0 saturated carbocycles. The summed E-state index contributed by atoms with van der Waals surface area (Å²) in [5.74, 6) is -4.26. The molecule has 0 bridgehead atoms. The number of imide groups is 1. The minimum absolute atomic E-state index is 0. The van der Waals surface area contributed by atoms with Crippen LogP contribution in [0.1, 0.15) is 18.5 Å². The number of hydrogen-bond acceptors (Lipinski definition) is 12. The van der Waals surface area contributed by atoms with E-state index in [1.165, 1.54) is 57.4 Å². The number of benzene rings is 1. The summed E-state index contributed by atoms with van der Waals surface area (Å²) in [6.07, 6.45) is 0. The third-order valence-electron chi connectivity index (χ3n) is 7.20. The van der Waals surface area contributed by atoms with Crippen molar-refractivity contribution in [3.63, 3.8) is 0 Å². The molecule has 3 atom stereocenters. The van der Waals surface area contributed by atoms with E-state index in [1.54, 1.807) is 14.0 Å². The van der Waals surface area contributed by atoms with Gasteiger partial charge >= 0.3 is 23.8 Å². The smallest absolute Gasteiger partial charge is 0.352 e. The van der Waals surface area contributed by atoms with E-state index >= 15 is 0 Å². The second-order valence-corrected chi connectivity index (χ2v) is 11.9. The Balaban J connectivity index is 0.00000288. The first-order chi connectivity index (χ1) is 21.0. The molecule has 46 heavy (non-hydrogen) atoms. The van der Waals surface area contributed by atoms with Gasteiger partial charge in [0.1, 0.15) is 28.9 Å². The number of amides is 6. The number of hydrogen-bond donors (Lipinski definition) is 4. The van der Waals surface area contributed by atoms with Crippen molar-refractivity contribution in [3.8, 4) is 5.75 Å². The van der Waals surface area contributed by atoms with E-state index in [0.29, 0.717) is 22.2 Å². The van der Waals surface area contributed by atoms with Gasteiger partial charge in [0.2, 0.25) is 11.1 Å². The third-order valence-corrected chi connectivity index (χ3v) is 9.63. The lowest BCUT2D eigenvalue weighted by atomic mass is 10.0. The second kappa shape index (κ2) is 14.6. The fraction of sp³-hybridized carbons (Fsp3) is 0.400. The molecule has 0 aliphatic carbocycles. The van der Waals surface area contributed by atoms with E-state index in [9.17, 15) is 39.0 Å². The maximum Gasteiger partial charge on any atom is 0.352 e. The van der Waals surface area contributed by atoms with Crippen LogP contribution in [0.15, 0.2) is 40.7 Å². The summed E-state index contributed by atoms with van der Waals surface area (Å²) in [4.78, 5) is 80.1. The van der Waals surface area contributed by atoms with Crippen LogP contribution in [-0.2, 0) is 31.0 Å². The van der Waals surface area contributed by atoms with Crippen molar-refractivity contribution >= 4 is 59.2 Å². The van der Waals surface area contributed by atoms with Crippen LogP contribution in [0.4, 0.5) is 4.79 Å². The number of phenolic OH excluding ortho intramolecular Hbond substituents is 1. The van der Waals surface area contributed by atoms with Crippen LogP contribution in [0.25, 0.3) is 0 Å². The summed E-state index contributed by atoms with van der Waals surface area (Å²) in [7, 11) is 1.64. The van der Waals surface area contributed by atoms with Gasteiger partial charge in [-0.2, -0.15) is 0 Å². The molecule has 3 aliphatic heterocycles. The van der Waals surface area contributed by atoms with Crippen molar-refractivity contribution in [2.45, 2.75) is 29.5 Å². The number of phenols is 1. The molecule has 21 heteroatoms. The number of likely N-dealkylation sites (N-methyl/N-ethyl adjacent to an activating group) is 1. The minimum Gasteiger partial charge on any atom is -0.508 e. The van der Waals surface area contributed by atoms with Crippen LogP contribution in [-0.4, -0.2) is 134 Å². The molecule has 1 aromatic heterocycles. The molecule has 5 rings (SSSR count). The van der Waals surface area contributed by atoms with Gasteiger partial charge < -0.3 is 36.7 Å². The van der Waals surface area contributed by atoms with Crippen LogP contribution in [0.3, 0.4) is 0 Å². The molecule has 19 nitrogen and oxygen atoms in total. The maximum atomic E-state index is 13.6. The number of nitrogens with zero attached hydrogens (tertiary/aromatic N) is 7. The first kappa shape index (κ1) is 35.7. The normalized spacial score (nSPS) is 19.8. The molecule has 0 spiro atoms. The Labute approximate surface area is 268 Å². The van der Waals surface area contributed by atoms with Gasteiger partial charge in [-0.1, -0.05) is 23.9 Å². The lowest BCUT2D eigenvalue weighted by Gasteiger charge is -2.49. The van der Waals surface area contributed by atoms with Gasteiger partial charge in [-0.05, 0) is 40.6 Å². The molecule has 0 unspecified atom stereocenters. The standard InChI is InChI=1S/C25H27N9O8S2.2H2O/c1-3-32-8-9-33(21(39)20(32)38)24(42)27-15(12-4-6-14(35)7-5-12)18(36)26-16-19(37)34-17(23(40)41)13(10-43-22(16)34)11-44-25-28-29-30-31(25)2;;/h4-7,15-16,22,35H,3,8-11H2,1-2H3,(H,26,36)(H,27,42)(H,40,41);2*1H2/t15-,16+,22-;;/m0../s1. The van der Waals surface area contributed by atoms with E-state index in [0.717, 1.165) is 4.90 Å². The number of urea groups is 1. The van der Waals surface area contributed by atoms with E-state index < -0.39 is 53.1 Å². The SMILES string of the molecule is CCN1CCN(C(=O)N[C@H](C(=O)N[C@@H]2C(=O)N3C(C(=O)O)=C(CSc4nnnn4C)CS[C@@H]23)c2ccc(O)cc2)C(=O)C1=O.O.O. The molecule has 248 valence electrons. The lowest BCUT2D eigenvalue weighted by molar-refractivity contribution is -0.153. The van der Waals surface area contributed by atoms with Gasteiger partial charge in [0.15, 0.2) is 0 Å². The number of fused-ring (bicyclic) bond motifs is 1. The number of carboxylic acids is 1. The number of nitrogens with one attached hydrogen (secondary N) is 2. The number of aromatic nitrogens is 4. The molecular weight excluding hydrogens is 650 g/mol. The van der Waals surface area contributed by atoms with Crippen LogP contribution in [0.2, 0.25) is 0 Å². The van der Waals surface area contributed by atoms with Crippen molar-refractivity contribution in [1.29, 1.82) is 0 Å². The number of piperazine rings is 1. The third kappa shape index (κ3) is 6.76. The van der Waals surface area contributed by atoms with E-state index in [4.69, 9.17) is 0 Å². The number of aliphatic carboxylic acids is 1. The zero-order valence-electron chi connectivity index (χ0n) is 24.4. The second-order valence-electron chi connectivity index (χ2n) is 9.84. The van der Waals surface area contributed by atoms with Gasteiger partial charge in [-0.15, -0.1) is 16.9 Å². The molecule has 8 N–H and O–H groups in total. The van der Waals surface area contributed by atoms with Gasteiger partial charge in [-0.3, -0.25) is 29.0 Å². The Morgan fingerprint density at radius 2 is 1.80 bits per heavy atom. The highest BCUT2D eigenvalue weighted by Crippen LogP contribution is 2.41. The zero-order chi connectivity index (χ0) is 31.7. The average molecular weight is 682 g/mol. The van der Waals surface area contributed by atoms with Crippen molar-refractivity contribution in [1.82, 2.24) is 45.5 Å². The number of aromatic hydroxyl groups is 1. The number of carbonyl (C=O) groups is 6. The molecule has 2 fully saturated rings. The summed E-state index contributed by atoms with van der Waals surface area (Å²) >= 11 is 2.49. The monoisotopic (exact) mass is 681 g/mol. The number of tetrazole rings is 1. The van der Waals surface area contributed by atoms with Crippen LogP contribution in [0.5, 0.6) is 5.75 Å². The number of β-lactam (4-membered cyclic amide) rings is 1. The number of aryl methyl sites for hydroxylation is 1. The fourth-order valence-corrected chi connectivity index (χ4v) is 7.20. The van der Waals surface area contributed by atoms with Gasteiger partial charge in [0.05, 0.1) is 0 Å². The summed E-state index contributed by atoms with van der Waals surface area (Å²) in [6.45, 7) is 2.04. The molecule has 3 aliphatic rings. The fourth-order valence-electron chi connectivity index (χ4n) is 4.86. The zero-order valence-corrected chi connectivity index (χ0v) is 26.0. The predicted octanol–water partition coefficient (Wildman–Crippen LogP) is -2.76. The molecule has 6 amide bonds. The highest BCUT2D eigenvalue weighted by Gasteiger charge is 2.54. The molecule has 4 heterocycles. The highest BCUT2D eigenvalue weighted by molar-refractivity contribution is 8.01. The Kier molecular flexibility index (Phi) is 11.3. The number of carboxylic acid groups (broad SMARTS) is 1. The van der Waals surface area contributed by atoms with Crippen LogP contribution < -0.4 is 10.6 Å². The number of carbonyl (C=O) groups excluding carboxylic acids is 5. The van der Waals surface area contributed by atoms with Gasteiger partial charge in [0, 0.05) is 38.2 Å². The quantitative estimate of drug-likeness (QED) is 0.119. The van der Waals surface area contributed by atoms with Crippen LogP contribution in [0, 0.1) is 0 Å².